The molecule has 0 unspecified atom stereocenters. The summed E-state index contributed by atoms with van der Waals surface area (Å²) in [6.45, 7) is 1.75. The molecule has 0 atom stereocenters. The summed E-state index contributed by atoms with van der Waals surface area (Å²) >= 11 is 0. The van der Waals surface area contributed by atoms with Crippen molar-refractivity contribution in [2.45, 2.75) is 6.42 Å². The molecule has 3 N–H and O–H groups in total. The quantitative estimate of drug-likeness (QED) is 0.429. The van der Waals surface area contributed by atoms with Crippen molar-refractivity contribution < 1.29 is 24.6 Å². The van der Waals surface area contributed by atoms with E-state index >= 15 is 0 Å². The number of benzene rings is 1. The molecular weight excluding hydrogens is 438 g/mol. The molecule has 2 heterocycles. The van der Waals surface area contributed by atoms with Gasteiger partial charge in [-0.2, -0.15) is 0 Å². The summed E-state index contributed by atoms with van der Waals surface area (Å²) in [7, 11) is 4.12. The average Bonchev–Trinajstić information content (AvgIpc) is 2.84. The van der Waals surface area contributed by atoms with E-state index in [0.717, 1.165) is 31.0 Å². The molecule has 0 radical (unpaired) electrons. The zero-order valence-electron chi connectivity index (χ0n) is 19.0. The van der Waals surface area contributed by atoms with E-state index in [2.05, 4.69) is 51.3 Å². The highest BCUT2D eigenvalue weighted by Gasteiger charge is 2.17. The van der Waals surface area contributed by atoms with E-state index in [1.807, 2.05) is 30.3 Å². The third-order valence-electron chi connectivity index (χ3n) is 4.43. The molecule has 0 spiro atoms. The Kier molecular flexibility index (Phi) is 10.1. The van der Waals surface area contributed by atoms with Gasteiger partial charge in [-0.3, -0.25) is 9.78 Å². The number of aromatic nitrogens is 2. The number of anilines is 3. The number of pyridine rings is 2. The van der Waals surface area contributed by atoms with E-state index in [1.54, 1.807) is 30.6 Å². The highest BCUT2D eigenvalue weighted by molar-refractivity contribution is 6.27. The van der Waals surface area contributed by atoms with Crippen molar-refractivity contribution in [2.75, 3.05) is 37.4 Å². The molecule has 3 aromatic rings. The maximum Gasteiger partial charge on any atom is 0.414 e. The standard InChI is InChI=1S/C22H25N5O.C2H2O4/c1-26(2)16-9-17-27(18-10-4-3-5-11-18)21-19(13-8-15-24-21)25-22(28)20-12-6-7-14-23-20;3-1(4)2(5)6/h3-8,10-15H,9,16-17H2,1-2H3,(H,25,28);(H,3,4)(H,5,6). The number of nitrogens with zero attached hydrogens (tertiary/aromatic N) is 4. The Labute approximate surface area is 197 Å². The van der Waals surface area contributed by atoms with Crippen LogP contribution in [0.2, 0.25) is 0 Å². The van der Waals surface area contributed by atoms with Crippen LogP contribution in [-0.4, -0.2) is 70.1 Å². The van der Waals surface area contributed by atoms with Crippen LogP contribution < -0.4 is 10.2 Å². The number of hydrogen-bond acceptors (Lipinski definition) is 7. The molecule has 178 valence electrons. The summed E-state index contributed by atoms with van der Waals surface area (Å²) in [6, 6.07) is 19.1. The first-order valence-electron chi connectivity index (χ1n) is 10.4. The van der Waals surface area contributed by atoms with E-state index in [0.29, 0.717) is 11.4 Å². The topological polar surface area (TPSA) is 136 Å². The summed E-state index contributed by atoms with van der Waals surface area (Å²) in [5.41, 5.74) is 2.07. The Hall–Kier alpha value is -4.31. The molecule has 0 bridgehead atoms. The maximum atomic E-state index is 12.6. The Morgan fingerprint density at radius 2 is 1.47 bits per heavy atom. The lowest BCUT2D eigenvalue weighted by Gasteiger charge is -2.26. The first kappa shape index (κ1) is 25.9. The minimum Gasteiger partial charge on any atom is -0.473 e. The zero-order valence-corrected chi connectivity index (χ0v) is 19.0. The van der Waals surface area contributed by atoms with Crippen LogP contribution in [0.25, 0.3) is 0 Å². The van der Waals surface area contributed by atoms with Crippen LogP contribution in [0.4, 0.5) is 17.2 Å². The summed E-state index contributed by atoms with van der Waals surface area (Å²) < 4.78 is 0. The van der Waals surface area contributed by atoms with E-state index in [1.165, 1.54) is 0 Å². The molecule has 34 heavy (non-hydrogen) atoms. The minimum atomic E-state index is -1.82. The predicted molar refractivity (Wildman–Crippen MR) is 128 cm³/mol. The molecule has 0 saturated carbocycles. The van der Waals surface area contributed by atoms with Gasteiger partial charge in [0, 0.05) is 24.6 Å². The Morgan fingerprint density at radius 1 is 0.824 bits per heavy atom. The van der Waals surface area contributed by atoms with Gasteiger partial charge in [-0.05, 0) is 63.5 Å². The van der Waals surface area contributed by atoms with E-state index in [-0.39, 0.29) is 5.91 Å². The second kappa shape index (κ2) is 13.3. The molecular formula is C24H27N5O5. The number of amides is 1. The molecule has 0 aliphatic heterocycles. The monoisotopic (exact) mass is 465 g/mol. The van der Waals surface area contributed by atoms with Gasteiger partial charge < -0.3 is 25.3 Å². The van der Waals surface area contributed by atoms with Crippen molar-refractivity contribution in [1.82, 2.24) is 14.9 Å². The SMILES string of the molecule is CN(C)CCCN(c1ccccc1)c1ncccc1NC(=O)c1ccccn1.O=C(O)C(=O)O. The van der Waals surface area contributed by atoms with Crippen molar-refractivity contribution in [3.05, 3.63) is 78.8 Å². The zero-order chi connectivity index (χ0) is 24.9. The summed E-state index contributed by atoms with van der Waals surface area (Å²) in [5, 5.41) is 17.7. The molecule has 0 aliphatic carbocycles. The molecule has 10 heteroatoms. The van der Waals surface area contributed by atoms with Crippen LogP contribution in [-0.2, 0) is 9.59 Å². The van der Waals surface area contributed by atoms with Crippen molar-refractivity contribution in [3.63, 3.8) is 0 Å². The summed E-state index contributed by atoms with van der Waals surface area (Å²) in [5.74, 6) is -3.18. The first-order chi connectivity index (χ1) is 16.3. The fourth-order valence-electron chi connectivity index (χ4n) is 2.90. The smallest absolute Gasteiger partial charge is 0.414 e. The fraction of sp³-hybridized carbons (Fsp3) is 0.208. The number of para-hydroxylation sites is 1. The maximum absolute atomic E-state index is 12.6. The normalized spacial score (nSPS) is 10.1. The molecule has 1 amide bonds. The predicted octanol–water partition coefficient (Wildman–Crippen LogP) is 2.97. The average molecular weight is 466 g/mol. The highest BCUT2D eigenvalue weighted by atomic mass is 16.4. The molecule has 2 aromatic heterocycles. The van der Waals surface area contributed by atoms with Gasteiger partial charge in [0.15, 0.2) is 5.82 Å². The van der Waals surface area contributed by atoms with Gasteiger partial charge in [0.2, 0.25) is 0 Å². The Morgan fingerprint density at radius 3 is 2.06 bits per heavy atom. The van der Waals surface area contributed by atoms with E-state index in [4.69, 9.17) is 19.8 Å². The van der Waals surface area contributed by atoms with Crippen LogP contribution in [0.5, 0.6) is 0 Å². The highest BCUT2D eigenvalue weighted by Crippen LogP contribution is 2.30. The lowest BCUT2D eigenvalue weighted by atomic mass is 10.2. The van der Waals surface area contributed by atoms with Crippen molar-refractivity contribution in [3.8, 4) is 0 Å². The van der Waals surface area contributed by atoms with Gasteiger partial charge in [-0.1, -0.05) is 24.3 Å². The number of rotatable bonds is 8. The number of nitrogens with one attached hydrogen (secondary N) is 1. The molecule has 3 rings (SSSR count). The molecule has 0 saturated heterocycles. The molecule has 0 aliphatic rings. The van der Waals surface area contributed by atoms with Crippen LogP contribution in [0.1, 0.15) is 16.9 Å². The molecule has 10 nitrogen and oxygen atoms in total. The third kappa shape index (κ3) is 8.32. The van der Waals surface area contributed by atoms with Crippen molar-refractivity contribution in [1.29, 1.82) is 0 Å². The lowest BCUT2D eigenvalue weighted by Crippen LogP contribution is -2.25. The van der Waals surface area contributed by atoms with Crippen molar-refractivity contribution >= 4 is 35.0 Å². The third-order valence-corrected chi connectivity index (χ3v) is 4.43. The number of carbonyl (C=O) groups excluding carboxylic acids is 1. The summed E-state index contributed by atoms with van der Waals surface area (Å²) in [6.07, 6.45) is 4.32. The first-order valence-corrected chi connectivity index (χ1v) is 10.4. The minimum absolute atomic E-state index is 0.254. The second-order valence-corrected chi connectivity index (χ2v) is 7.30. The van der Waals surface area contributed by atoms with Gasteiger partial charge >= 0.3 is 11.9 Å². The van der Waals surface area contributed by atoms with Gasteiger partial charge in [-0.25, -0.2) is 14.6 Å². The number of carbonyl (C=O) groups is 3. The van der Waals surface area contributed by atoms with Crippen molar-refractivity contribution in [2.24, 2.45) is 0 Å². The van der Waals surface area contributed by atoms with Crippen LogP contribution in [0.15, 0.2) is 73.1 Å². The molecule has 1 aromatic carbocycles. The second-order valence-electron chi connectivity index (χ2n) is 7.30. The van der Waals surface area contributed by atoms with Gasteiger partial charge in [0.05, 0.1) is 5.69 Å². The number of carboxylic acid groups (broad SMARTS) is 2. The number of carboxylic acids is 2. The molecule has 0 fully saturated rings. The van der Waals surface area contributed by atoms with E-state index in [9.17, 15) is 4.79 Å². The van der Waals surface area contributed by atoms with Crippen LogP contribution in [0, 0.1) is 0 Å². The van der Waals surface area contributed by atoms with Crippen LogP contribution in [0.3, 0.4) is 0 Å². The van der Waals surface area contributed by atoms with Gasteiger partial charge in [0.25, 0.3) is 5.91 Å². The number of hydrogen-bond donors (Lipinski definition) is 3. The lowest BCUT2D eigenvalue weighted by molar-refractivity contribution is -0.159. The Balaban J connectivity index is 0.000000604. The largest absolute Gasteiger partial charge is 0.473 e. The van der Waals surface area contributed by atoms with Gasteiger partial charge in [0.1, 0.15) is 5.69 Å². The fourth-order valence-corrected chi connectivity index (χ4v) is 2.90. The van der Waals surface area contributed by atoms with Gasteiger partial charge in [-0.15, -0.1) is 0 Å². The number of aliphatic carboxylic acids is 2. The van der Waals surface area contributed by atoms with Crippen LogP contribution >= 0.6 is 0 Å². The Bertz CT molecular complexity index is 1070. The summed E-state index contributed by atoms with van der Waals surface area (Å²) in [4.78, 5) is 43.8. The van der Waals surface area contributed by atoms with E-state index < -0.39 is 11.9 Å².